The number of rotatable bonds is 8. The zero-order chi connectivity index (χ0) is 20.4. The summed E-state index contributed by atoms with van der Waals surface area (Å²) in [6.45, 7) is 7.65. The molecule has 5 nitrogen and oxygen atoms in total. The molecule has 1 amide bonds. The smallest absolute Gasteiger partial charge is 0.251 e. The highest BCUT2D eigenvalue weighted by molar-refractivity contribution is 14.0. The number of hydrogen-bond acceptors (Lipinski definition) is 2. The number of hydrogen-bond donors (Lipinski definition) is 3. The van der Waals surface area contributed by atoms with Gasteiger partial charge in [0.1, 0.15) is 0 Å². The van der Waals surface area contributed by atoms with E-state index in [9.17, 15) is 4.79 Å². The topological polar surface area (TPSA) is 65.5 Å². The molecule has 0 aliphatic carbocycles. The fourth-order valence-corrected chi connectivity index (χ4v) is 2.79. The SMILES string of the molecule is CCC(C)NC(=O)c1cccc(CNC(=NC)NCC(C)c2ccccc2)c1.I. The summed E-state index contributed by atoms with van der Waals surface area (Å²) in [4.78, 5) is 16.6. The lowest BCUT2D eigenvalue weighted by molar-refractivity contribution is 0.0939. The van der Waals surface area contributed by atoms with E-state index in [1.165, 1.54) is 5.56 Å². The number of aliphatic imine (C=N–C) groups is 1. The lowest BCUT2D eigenvalue weighted by atomic mass is 10.0. The van der Waals surface area contributed by atoms with Gasteiger partial charge in [-0.1, -0.05) is 56.3 Å². The van der Waals surface area contributed by atoms with E-state index >= 15 is 0 Å². The highest BCUT2D eigenvalue weighted by Gasteiger charge is 2.10. The van der Waals surface area contributed by atoms with Gasteiger partial charge in [0.15, 0.2) is 5.96 Å². The molecule has 158 valence electrons. The van der Waals surface area contributed by atoms with Crippen LogP contribution >= 0.6 is 24.0 Å². The van der Waals surface area contributed by atoms with Crippen molar-refractivity contribution in [3.8, 4) is 0 Å². The van der Waals surface area contributed by atoms with Crippen LogP contribution in [0.4, 0.5) is 0 Å². The second-order valence-corrected chi connectivity index (χ2v) is 7.10. The Bertz CT molecular complexity index is 779. The summed E-state index contributed by atoms with van der Waals surface area (Å²) in [5.74, 6) is 1.10. The van der Waals surface area contributed by atoms with Gasteiger partial charge in [0.2, 0.25) is 0 Å². The summed E-state index contributed by atoms with van der Waals surface area (Å²) < 4.78 is 0. The number of benzene rings is 2. The maximum absolute atomic E-state index is 12.3. The fraction of sp³-hybridized carbons (Fsp3) is 0.391. The van der Waals surface area contributed by atoms with Crippen LogP contribution < -0.4 is 16.0 Å². The first-order chi connectivity index (χ1) is 13.5. The van der Waals surface area contributed by atoms with Crippen molar-refractivity contribution in [1.29, 1.82) is 0 Å². The summed E-state index contributed by atoms with van der Waals surface area (Å²) in [6, 6.07) is 18.3. The number of carbonyl (C=O) groups is 1. The van der Waals surface area contributed by atoms with Gasteiger partial charge in [-0.2, -0.15) is 0 Å². The van der Waals surface area contributed by atoms with Gasteiger partial charge < -0.3 is 16.0 Å². The van der Waals surface area contributed by atoms with E-state index < -0.39 is 0 Å². The summed E-state index contributed by atoms with van der Waals surface area (Å²) in [6.07, 6.45) is 0.913. The third kappa shape index (κ3) is 8.43. The van der Waals surface area contributed by atoms with E-state index in [0.717, 1.165) is 24.5 Å². The third-order valence-electron chi connectivity index (χ3n) is 4.81. The number of amides is 1. The molecule has 2 atom stereocenters. The summed E-state index contributed by atoms with van der Waals surface area (Å²) in [5, 5.41) is 9.69. The van der Waals surface area contributed by atoms with Crippen LogP contribution in [-0.2, 0) is 6.54 Å². The van der Waals surface area contributed by atoms with Crippen LogP contribution in [0.2, 0.25) is 0 Å². The minimum atomic E-state index is -0.0320. The zero-order valence-electron chi connectivity index (χ0n) is 17.7. The van der Waals surface area contributed by atoms with Crippen LogP contribution in [-0.4, -0.2) is 31.5 Å². The highest BCUT2D eigenvalue weighted by Crippen LogP contribution is 2.13. The molecule has 0 fully saturated rings. The average Bonchev–Trinajstić information content (AvgIpc) is 2.74. The second kappa shape index (κ2) is 13.2. The quantitative estimate of drug-likeness (QED) is 0.283. The lowest BCUT2D eigenvalue weighted by Gasteiger charge is -2.17. The molecule has 2 aromatic carbocycles. The molecule has 0 aliphatic rings. The molecule has 0 radical (unpaired) electrons. The van der Waals surface area contributed by atoms with Gasteiger partial charge in [-0.25, -0.2) is 0 Å². The van der Waals surface area contributed by atoms with E-state index in [-0.39, 0.29) is 35.9 Å². The molecule has 0 aromatic heterocycles. The average molecular weight is 508 g/mol. The minimum absolute atomic E-state index is 0. The third-order valence-corrected chi connectivity index (χ3v) is 4.81. The van der Waals surface area contributed by atoms with E-state index in [1.54, 1.807) is 7.05 Å². The van der Waals surface area contributed by atoms with Gasteiger partial charge in [-0.15, -0.1) is 24.0 Å². The van der Waals surface area contributed by atoms with Crippen molar-refractivity contribution in [1.82, 2.24) is 16.0 Å². The Morgan fingerprint density at radius 2 is 1.76 bits per heavy atom. The van der Waals surface area contributed by atoms with Gasteiger partial charge in [0.05, 0.1) is 0 Å². The van der Waals surface area contributed by atoms with E-state index in [2.05, 4.69) is 59.1 Å². The molecule has 0 aliphatic heterocycles. The standard InChI is InChI=1S/C23H32N4O.HI/c1-5-18(3)27-22(28)21-13-9-10-19(14-21)16-26-23(24-4)25-15-17(2)20-11-7-6-8-12-20;/h6-14,17-18H,5,15-16H2,1-4H3,(H,27,28)(H2,24,25,26);1H. The molecule has 0 saturated heterocycles. The first-order valence-corrected chi connectivity index (χ1v) is 9.92. The molecule has 0 heterocycles. The van der Waals surface area contributed by atoms with Crippen molar-refractivity contribution in [3.05, 3.63) is 71.3 Å². The zero-order valence-corrected chi connectivity index (χ0v) is 20.1. The van der Waals surface area contributed by atoms with E-state index in [0.29, 0.717) is 18.0 Å². The molecule has 0 spiro atoms. The Morgan fingerprint density at radius 1 is 1.03 bits per heavy atom. The van der Waals surface area contributed by atoms with Gasteiger partial charge >= 0.3 is 0 Å². The first kappa shape index (κ1) is 24.9. The molecule has 29 heavy (non-hydrogen) atoms. The van der Waals surface area contributed by atoms with Crippen molar-refractivity contribution in [3.63, 3.8) is 0 Å². The van der Waals surface area contributed by atoms with Gasteiger partial charge in [-0.05, 0) is 42.5 Å². The van der Waals surface area contributed by atoms with Gasteiger partial charge in [0, 0.05) is 31.7 Å². The summed E-state index contributed by atoms with van der Waals surface area (Å²) >= 11 is 0. The van der Waals surface area contributed by atoms with Gasteiger partial charge in [0.25, 0.3) is 5.91 Å². The number of halogens is 1. The summed E-state index contributed by atoms with van der Waals surface area (Å²) in [5.41, 5.74) is 3.02. The fourth-order valence-electron chi connectivity index (χ4n) is 2.79. The predicted molar refractivity (Wildman–Crippen MR) is 132 cm³/mol. The Kier molecular flexibility index (Phi) is 11.3. The molecule has 6 heteroatoms. The maximum atomic E-state index is 12.3. The van der Waals surface area contributed by atoms with Crippen molar-refractivity contribution < 1.29 is 4.79 Å². The minimum Gasteiger partial charge on any atom is -0.356 e. The van der Waals surface area contributed by atoms with Crippen LogP contribution in [0.5, 0.6) is 0 Å². The van der Waals surface area contributed by atoms with E-state index in [1.807, 2.05) is 37.3 Å². The number of nitrogens with one attached hydrogen (secondary N) is 3. The molecule has 0 bridgehead atoms. The molecule has 0 saturated carbocycles. The number of carbonyl (C=O) groups excluding carboxylic acids is 1. The van der Waals surface area contributed by atoms with Crippen LogP contribution in [0, 0.1) is 0 Å². The van der Waals surface area contributed by atoms with Gasteiger partial charge in [-0.3, -0.25) is 9.79 Å². The van der Waals surface area contributed by atoms with Crippen LogP contribution in [0.25, 0.3) is 0 Å². The van der Waals surface area contributed by atoms with Crippen LogP contribution in [0.15, 0.2) is 59.6 Å². The molecule has 2 rings (SSSR count). The molecule has 3 N–H and O–H groups in total. The number of nitrogens with zero attached hydrogens (tertiary/aromatic N) is 1. The first-order valence-electron chi connectivity index (χ1n) is 9.92. The van der Waals surface area contributed by atoms with Crippen molar-refractivity contribution in [2.45, 2.75) is 45.7 Å². The highest BCUT2D eigenvalue weighted by atomic mass is 127. The van der Waals surface area contributed by atoms with Crippen LogP contribution in [0.3, 0.4) is 0 Å². The molecular formula is C23H33IN4O. The van der Waals surface area contributed by atoms with Crippen molar-refractivity contribution >= 4 is 35.8 Å². The Morgan fingerprint density at radius 3 is 2.41 bits per heavy atom. The molecule has 2 unspecified atom stereocenters. The largest absolute Gasteiger partial charge is 0.356 e. The number of guanidine groups is 1. The maximum Gasteiger partial charge on any atom is 0.251 e. The van der Waals surface area contributed by atoms with Crippen molar-refractivity contribution in [2.24, 2.45) is 4.99 Å². The Hall–Kier alpha value is -2.09. The van der Waals surface area contributed by atoms with Crippen molar-refractivity contribution in [2.75, 3.05) is 13.6 Å². The molecular weight excluding hydrogens is 475 g/mol. The van der Waals surface area contributed by atoms with E-state index in [4.69, 9.17) is 0 Å². The predicted octanol–water partition coefficient (Wildman–Crippen LogP) is 4.30. The Balaban J connectivity index is 0.00000420. The molecule has 2 aromatic rings. The Labute approximate surface area is 191 Å². The monoisotopic (exact) mass is 508 g/mol. The normalized spacial score (nSPS) is 13.0. The second-order valence-electron chi connectivity index (χ2n) is 7.10. The van der Waals surface area contributed by atoms with Crippen LogP contribution in [0.1, 0.15) is 54.6 Å². The summed E-state index contributed by atoms with van der Waals surface area (Å²) in [7, 11) is 1.76. The lowest BCUT2D eigenvalue weighted by Crippen LogP contribution is -2.38.